The number of hydrogen-bond donors (Lipinski definition) is 1. The second kappa shape index (κ2) is 2.68. The number of hydrogen-bond acceptors (Lipinski definition) is 5. The molecule has 0 aliphatic heterocycles. The Morgan fingerprint density at radius 2 is 2.00 bits per heavy atom. The number of nitrogens with zero attached hydrogens (tertiary/aromatic N) is 3. The summed E-state index contributed by atoms with van der Waals surface area (Å²) in [5.41, 5.74) is 5.55. The first-order chi connectivity index (χ1) is 6.48. The molecule has 0 saturated carbocycles. The molecule has 2 aromatic heterocycles. The summed E-state index contributed by atoms with van der Waals surface area (Å²) >= 11 is 0. The van der Waals surface area contributed by atoms with Crippen LogP contribution in [0.25, 0.3) is 5.78 Å². The van der Waals surface area contributed by atoms with E-state index in [0.29, 0.717) is 11.6 Å². The van der Waals surface area contributed by atoms with E-state index in [1.807, 2.05) is 0 Å². The summed E-state index contributed by atoms with van der Waals surface area (Å²) in [6.07, 6.45) is 5.20. The molecular weight excluding hydrogens is 204 g/mol. The lowest BCUT2D eigenvalue weighted by molar-refractivity contribution is 0.601. The summed E-state index contributed by atoms with van der Waals surface area (Å²) in [5, 5.41) is 0. The zero-order valence-electron chi connectivity index (χ0n) is 7.38. The van der Waals surface area contributed by atoms with Gasteiger partial charge in [-0.3, -0.25) is 4.40 Å². The quantitative estimate of drug-likeness (QED) is 0.701. The number of nitrogen functional groups attached to an aromatic ring is 1. The van der Waals surface area contributed by atoms with Crippen LogP contribution in [0.2, 0.25) is 0 Å². The Kier molecular flexibility index (Phi) is 1.71. The van der Waals surface area contributed by atoms with Gasteiger partial charge in [0.1, 0.15) is 10.7 Å². The second-order valence-corrected chi connectivity index (χ2v) is 4.93. The number of imidazole rings is 1. The van der Waals surface area contributed by atoms with E-state index < -0.39 is 9.84 Å². The van der Waals surface area contributed by atoms with Crippen molar-refractivity contribution in [2.24, 2.45) is 0 Å². The maximum Gasteiger partial charge on any atom is 0.235 e. The van der Waals surface area contributed by atoms with E-state index in [0.717, 1.165) is 6.26 Å². The Hall–Kier alpha value is -1.63. The molecule has 0 atom stereocenters. The van der Waals surface area contributed by atoms with E-state index in [2.05, 4.69) is 9.97 Å². The lowest BCUT2D eigenvalue weighted by atomic mass is 10.6. The molecule has 0 aromatic carbocycles. The highest BCUT2D eigenvalue weighted by Crippen LogP contribution is 2.11. The van der Waals surface area contributed by atoms with Gasteiger partial charge in [0.25, 0.3) is 0 Å². The Labute approximate surface area is 80.3 Å². The van der Waals surface area contributed by atoms with Gasteiger partial charge in [0.15, 0.2) is 9.84 Å². The molecule has 0 aliphatic rings. The highest BCUT2D eigenvalue weighted by Gasteiger charge is 2.10. The fourth-order valence-electron chi connectivity index (χ4n) is 1.06. The Balaban J connectivity index is 2.79. The Morgan fingerprint density at radius 3 is 2.64 bits per heavy atom. The molecule has 0 fully saturated rings. The molecule has 7 heteroatoms. The number of anilines is 1. The lowest BCUT2D eigenvalue weighted by Crippen LogP contribution is -2.02. The Bertz CT molecular complexity index is 587. The third-order valence-corrected chi connectivity index (χ3v) is 2.86. The number of fused-ring (bicyclic) bond motifs is 1. The summed E-state index contributed by atoms with van der Waals surface area (Å²) < 4.78 is 23.8. The summed E-state index contributed by atoms with van der Waals surface area (Å²) in [6, 6.07) is 0. The maximum atomic E-state index is 11.2. The molecule has 0 spiro atoms. The van der Waals surface area contributed by atoms with Crippen molar-refractivity contribution in [1.29, 1.82) is 0 Å². The van der Waals surface area contributed by atoms with Gasteiger partial charge in [-0.25, -0.2) is 18.4 Å². The molecule has 0 bridgehead atoms. The molecule has 6 nitrogen and oxygen atoms in total. The second-order valence-electron chi connectivity index (χ2n) is 2.91. The predicted molar refractivity (Wildman–Crippen MR) is 50.5 cm³/mol. The summed E-state index contributed by atoms with van der Waals surface area (Å²) in [4.78, 5) is 7.85. The molecule has 0 aliphatic carbocycles. The van der Waals surface area contributed by atoms with Crippen molar-refractivity contribution in [1.82, 2.24) is 14.4 Å². The fraction of sp³-hybridized carbons (Fsp3) is 0.143. The molecule has 0 radical (unpaired) electrons. The van der Waals surface area contributed by atoms with Crippen LogP contribution in [0.5, 0.6) is 0 Å². The standard InChI is InChI=1S/C7H8N4O2S/c1-14(12,13)5-2-9-7-10-3-6(8)11(7)4-5/h2-4H,8H2,1H3. The monoisotopic (exact) mass is 212 g/mol. The topological polar surface area (TPSA) is 90.3 Å². The van der Waals surface area contributed by atoms with Crippen LogP contribution in [-0.2, 0) is 9.84 Å². The SMILES string of the molecule is CS(=O)(=O)c1cnc2ncc(N)n2c1. The predicted octanol–water partition coefficient (Wildman–Crippen LogP) is -0.285. The van der Waals surface area contributed by atoms with Crippen molar-refractivity contribution in [2.45, 2.75) is 4.90 Å². The lowest BCUT2D eigenvalue weighted by Gasteiger charge is -1.99. The van der Waals surface area contributed by atoms with E-state index in [9.17, 15) is 8.42 Å². The molecule has 0 saturated heterocycles. The fourth-order valence-corrected chi connectivity index (χ4v) is 1.61. The van der Waals surface area contributed by atoms with Crippen LogP contribution in [0.1, 0.15) is 0 Å². The summed E-state index contributed by atoms with van der Waals surface area (Å²) in [5.74, 6) is 0.743. The van der Waals surface area contributed by atoms with Gasteiger partial charge in [-0.15, -0.1) is 0 Å². The third kappa shape index (κ3) is 1.31. The molecular formula is C7H8N4O2S. The van der Waals surface area contributed by atoms with Crippen LogP contribution in [0.15, 0.2) is 23.5 Å². The van der Waals surface area contributed by atoms with Gasteiger partial charge >= 0.3 is 0 Å². The normalized spacial score (nSPS) is 12.1. The van der Waals surface area contributed by atoms with Crippen LogP contribution in [0.4, 0.5) is 5.82 Å². The van der Waals surface area contributed by atoms with Crippen LogP contribution in [0.3, 0.4) is 0 Å². The van der Waals surface area contributed by atoms with Gasteiger partial charge in [-0.05, 0) is 0 Å². The van der Waals surface area contributed by atoms with Crippen molar-refractivity contribution >= 4 is 21.4 Å². The average Bonchev–Trinajstić information content (AvgIpc) is 2.46. The highest BCUT2D eigenvalue weighted by atomic mass is 32.2. The van der Waals surface area contributed by atoms with Crippen molar-refractivity contribution in [3.8, 4) is 0 Å². The van der Waals surface area contributed by atoms with E-state index in [4.69, 9.17) is 5.73 Å². The van der Waals surface area contributed by atoms with Gasteiger partial charge in [0.05, 0.1) is 12.4 Å². The number of rotatable bonds is 1. The number of sulfone groups is 1. The van der Waals surface area contributed by atoms with Gasteiger partial charge in [-0.1, -0.05) is 0 Å². The van der Waals surface area contributed by atoms with Crippen molar-refractivity contribution in [3.63, 3.8) is 0 Å². The zero-order valence-corrected chi connectivity index (χ0v) is 8.19. The molecule has 2 aromatic rings. The average molecular weight is 212 g/mol. The number of nitrogens with two attached hydrogens (primary N) is 1. The van der Waals surface area contributed by atoms with Crippen LogP contribution >= 0.6 is 0 Å². The highest BCUT2D eigenvalue weighted by molar-refractivity contribution is 7.90. The smallest absolute Gasteiger partial charge is 0.235 e. The zero-order chi connectivity index (χ0) is 10.3. The van der Waals surface area contributed by atoms with Crippen LogP contribution < -0.4 is 5.73 Å². The minimum absolute atomic E-state index is 0.120. The Morgan fingerprint density at radius 1 is 1.36 bits per heavy atom. The van der Waals surface area contributed by atoms with Crippen molar-refractivity contribution < 1.29 is 8.42 Å². The van der Waals surface area contributed by atoms with Crippen molar-refractivity contribution in [3.05, 3.63) is 18.6 Å². The van der Waals surface area contributed by atoms with E-state index >= 15 is 0 Å². The van der Waals surface area contributed by atoms with Gasteiger partial charge in [-0.2, -0.15) is 0 Å². The van der Waals surface area contributed by atoms with Gasteiger partial charge in [0, 0.05) is 12.5 Å². The summed E-state index contributed by atoms with van der Waals surface area (Å²) in [6.45, 7) is 0. The minimum Gasteiger partial charge on any atom is -0.383 e. The minimum atomic E-state index is -3.26. The van der Waals surface area contributed by atoms with E-state index in [1.165, 1.54) is 23.0 Å². The van der Waals surface area contributed by atoms with E-state index in [1.54, 1.807) is 0 Å². The molecule has 0 amide bonds. The molecule has 0 unspecified atom stereocenters. The first-order valence-corrected chi connectivity index (χ1v) is 5.66. The molecule has 2 heterocycles. The molecule has 74 valence electrons. The molecule has 2 N–H and O–H groups in total. The summed E-state index contributed by atoms with van der Waals surface area (Å²) in [7, 11) is -3.26. The van der Waals surface area contributed by atoms with Crippen LogP contribution in [0, 0.1) is 0 Å². The first-order valence-electron chi connectivity index (χ1n) is 3.77. The third-order valence-electron chi connectivity index (χ3n) is 1.80. The van der Waals surface area contributed by atoms with Gasteiger partial charge in [0.2, 0.25) is 5.78 Å². The largest absolute Gasteiger partial charge is 0.383 e. The molecule has 14 heavy (non-hydrogen) atoms. The van der Waals surface area contributed by atoms with Crippen molar-refractivity contribution in [2.75, 3.05) is 12.0 Å². The van der Waals surface area contributed by atoms with Crippen LogP contribution in [-0.4, -0.2) is 29.0 Å². The number of aromatic nitrogens is 3. The first kappa shape index (κ1) is 8.95. The van der Waals surface area contributed by atoms with E-state index in [-0.39, 0.29) is 4.90 Å². The maximum absolute atomic E-state index is 11.2. The molecule has 2 rings (SSSR count). The van der Waals surface area contributed by atoms with Gasteiger partial charge < -0.3 is 5.73 Å².